The number of benzene rings is 1. The van der Waals surface area contributed by atoms with Crippen LogP contribution in [0.5, 0.6) is 0 Å². The zero-order valence-electron chi connectivity index (χ0n) is 14.1. The molecular weight excluding hydrogens is 315 g/mol. The third kappa shape index (κ3) is 3.58. The molecule has 0 saturated carbocycles. The van der Waals surface area contributed by atoms with Gasteiger partial charge in [0.15, 0.2) is 5.69 Å². The predicted octanol–water partition coefficient (Wildman–Crippen LogP) is 5.59. The first kappa shape index (κ1) is 18.0. The molecule has 0 saturated heterocycles. The van der Waals surface area contributed by atoms with Crippen LogP contribution in [0.2, 0.25) is 0 Å². The molecule has 0 bridgehead atoms. The maximum atomic E-state index is 12.9. The lowest BCUT2D eigenvalue weighted by atomic mass is 10.1. The molecule has 2 aromatic heterocycles. The molecule has 0 atom stereocenters. The average molecular weight is 335 g/mol. The number of aromatic nitrogens is 3. The molecule has 3 aromatic rings. The van der Waals surface area contributed by atoms with Crippen LogP contribution < -0.4 is 0 Å². The second-order valence-electron chi connectivity index (χ2n) is 5.40. The second-order valence-corrected chi connectivity index (χ2v) is 5.40. The molecule has 0 N–H and O–H groups in total. The fraction of sp³-hybridized carbons (Fsp3) is 0.333. The molecule has 3 rings (SSSR count). The van der Waals surface area contributed by atoms with Crippen molar-refractivity contribution in [3.05, 3.63) is 54.0 Å². The van der Waals surface area contributed by atoms with Crippen molar-refractivity contribution in [2.75, 3.05) is 0 Å². The van der Waals surface area contributed by atoms with Crippen LogP contribution in [0.15, 0.2) is 42.6 Å². The van der Waals surface area contributed by atoms with Crippen LogP contribution >= 0.6 is 0 Å². The van der Waals surface area contributed by atoms with E-state index < -0.39 is 11.9 Å². The third-order valence-corrected chi connectivity index (χ3v) is 3.45. The third-order valence-electron chi connectivity index (χ3n) is 3.45. The Morgan fingerprint density at radius 3 is 2.38 bits per heavy atom. The van der Waals surface area contributed by atoms with E-state index in [1.54, 1.807) is 30.5 Å². The summed E-state index contributed by atoms with van der Waals surface area (Å²) < 4.78 is 40.1. The van der Waals surface area contributed by atoms with Gasteiger partial charge in [-0.1, -0.05) is 33.8 Å². The molecule has 0 fully saturated rings. The molecule has 0 spiro atoms. The second kappa shape index (κ2) is 7.03. The first-order valence-electron chi connectivity index (χ1n) is 7.88. The average Bonchev–Trinajstić information content (AvgIpc) is 3.02. The number of alkyl halides is 3. The molecule has 2 heterocycles. The number of rotatable bonds is 2. The van der Waals surface area contributed by atoms with Gasteiger partial charge in [-0.25, -0.2) is 4.68 Å². The zero-order valence-corrected chi connectivity index (χ0v) is 14.1. The van der Waals surface area contributed by atoms with E-state index >= 15 is 0 Å². The van der Waals surface area contributed by atoms with E-state index in [2.05, 4.69) is 10.1 Å². The molecule has 0 aliphatic heterocycles. The van der Waals surface area contributed by atoms with Gasteiger partial charge in [-0.05, 0) is 36.2 Å². The fourth-order valence-corrected chi connectivity index (χ4v) is 2.35. The molecule has 0 aliphatic rings. The Labute approximate surface area is 139 Å². The van der Waals surface area contributed by atoms with Crippen molar-refractivity contribution in [3.63, 3.8) is 0 Å². The van der Waals surface area contributed by atoms with E-state index in [0.29, 0.717) is 11.4 Å². The summed E-state index contributed by atoms with van der Waals surface area (Å²) >= 11 is 0. The van der Waals surface area contributed by atoms with Crippen molar-refractivity contribution in [1.29, 1.82) is 0 Å². The van der Waals surface area contributed by atoms with E-state index in [1.165, 1.54) is 4.68 Å². The monoisotopic (exact) mass is 335 g/mol. The molecule has 0 amide bonds. The Balaban J connectivity index is 0.00000100. The van der Waals surface area contributed by atoms with Gasteiger partial charge in [0, 0.05) is 17.3 Å². The van der Waals surface area contributed by atoms with Crippen LogP contribution in [0.25, 0.3) is 16.6 Å². The summed E-state index contributed by atoms with van der Waals surface area (Å²) in [4.78, 5) is 4.21. The fourth-order valence-electron chi connectivity index (χ4n) is 2.35. The number of hydrogen-bond acceptors (Lipinski definition) is 2. The Kier molecular flexibility index (Phi) is 5.26. The largest absolute Gasteiger partial charge is 0.435 e. The van der Waals surface area contributed by atoms with E-state index in [4.69, 9.17) is 0 Å². The number of nitrogens with zero attached hydrogens (tertiary/aromatic N) is 3. The van der Waals surface area contributed by atoms with Crippen molar-refractivity contribution >= 4 is 10.9 Å². The summed E-state index contributed by atoms with van der Waals surface area (Å²) in [6.45, 7) is 7.69. The Hall–Kier alpha value is -2.37. The summed E-state index contributed by atoms with van der Waals surface area (Å²) in [6, 6.07) is 10.1. The van der Waals surface area contributed by atoms with Gasteiger partial charge in [0.1, 0.15) is 0 Å². The minimum absolute atomic E-state index is 0.0757. The number of fused-ring (bicyclic) bond motifs is 1. The molecule has 0 unspecified atom stereocenters. The summed E-state index contributed by atoms with van der Waals surface area (Å²) in [6.07, 6.45) is -2.77. The van der Waals surface area contributed by atoms with Gasteiger partial charge in [-0.2, -0.15) is 18.3 Å². The van der Waals surface area contributed by atoms with E-state index in [-0.39, 0.29) is 5.92 Å². The summed E-state index contributed by atoms with van der Waals surface area (Å²) in [7, 11) is 0. The van der Waals surface area contributed by atoms with Crippen LogP contribution in [-0.2, 0) is 6.18 Å². The van der Waals surface area contributed by atoms with E-state index in [0.717, 1.165) is 17.0 Å². The van der Waals surface area contributed by atoms with Gasteiger partial charge in [0.05, 0.1) is 11.2 Å². The molecule has 24 heavy (non-hydrogen) atoms. The highest BCUT2D eigenvalue weighted by Crippen LogP contribution is 2.32. The van der Waals surface area contributed by atoms with E-state index in [1.807, 2.05) is 33.8 Å². The van der Waals surface area contributed by atoms with Crippen molar-refractivity contribution < 1.29 is 13.2 Å². The SMILES string of the molecule is CC.CC(C)c1cc(C(F)(F)F)nn1-c1ccc2ncccc2c1. The number of halogens is 3. The molecule has 1 aromatic carbocycles. The topological polar surface area (TPSA) is 30.7 Å². The number of hydrogen-bond donors (Lipinski definition) is 0. The lowest BCUT2D eigenvalue weighted by molar-refractivity contribution is -0.141. The maximum Gasteiger partial charge on any atom is 0.435 e. The van der Waals surface area contributed by atoms with Crippen LogP contribution in [0.4, 0.5) is 13.2 Å². The van der Waals surface area contributed by atoms with Crippen molar-refractivity contribution in [1.82, 2.24) is 14.8 Å². The highest BCUT2D eigenvalue weighted by atomic mass is 19.4. The van der Waals surface area contributed by atoms with Crippen LogP contribution in [0.1, 0.15) is 45.0 Å². The van der Waals surface area contributed by atoms with Crippen LogP contribution in [-0.4, -0.2) is 14.8 Å². The van der Waals surface area contributed by atoms with Gasteiger partial charge in [0.25, 0.3) is 0 Å². The van der Waals surface area contributed by atoms with Crippen LogP contribution in [0, 0.1) is 0 Å². The highest BCUT2D eigenvalue weighted by molar-refractivity contribution is 5.80. The standard InChI is InChI=1S/C16H14F3N3.C2H6/c1-10(2)14-9-15(16(17,18)19)21-22(14)12-5-6-13-11(8-12)4-3-7-20-13;1-2/h3-10H,1-2H3;1-2H3. The zero-order chi connectivity index (χ0) is 17.9. The molecular formula is C18H20F3N3. The quantitative estimate of drug-likeness (QED) is 0.611. The van der Waals surface area contributed by atoms with Gasteiger partial charge in [-0.3, -0.25) is 4.98 Å². The smallest absolute Gasteiger partial charge is 0.256 e. The van der Waals surface area contributed by atoms with Crippen molar-refractivity contribution in [2.24, 2.45) is 0 Å². The Morgan fingerprint density at radius 2 is 1.75 bits per heavy atom. The molecule has 0 aliphatic carbocycles. The molecule has 128 valence electrons. The minimum Gasteiger partial charge on any atom is -0.256 e. The first-order valence-corrected chi connectivity index (χ1v) is 7.88. The summed E-state index contributed by atoms with van der Waals surface area (Å²) in [5, 5.41) is 4.61. The molecule has 0 radical (unpaired) electrons. The molecule has 6 heteroatoms. The van der Waals surface area contributed by atoms with E-state index in [9.17, 15) is 13.2 Å². The first-order chi connectivity index (χ1) is 11.4. The minimum atomic E-state index is -4.45. The van der Waals surface area contributed by atoms with Gasteiger partial charge in [0.2, 0.25) is 0 Å². The van der Waals surface area contributed by atoms with Gasteiger partial charge in [-0.15, -0.1) is 0 Å². The lowest BCUT2D eigenvalue weighted by Gasteiger charge is -2.10. The Morgan fingerprint density at radius 1 is 1.04 bits per heavy atom. The van der Waals surface area contributed by atoms with Crippen LogP contribution in [0.3, 0.4) is 0 Å². The van der Waals surface area contributed by atoms with Gasteiger partial charge >= 0.3 is 6.18 Å². The van der Waals surface area contributed by atoms with Gasteiger partial charge < -0.3 is 0 Å². The number of pyridine rings is 1. The summed E-state index contributed by atoms with van der Waals surface area (Å²) in [5.74, 6) is -0.0757. The maximum absolute atomic E-state index is 12.9. The lowest BCUT2D eigenvalue weighted by Crippen LogP contribution is -2.08. The Bertz CT molecular complexity index is 820. The molecule has 3 nitrogen and oxygen atoms in total. The normalized spacial score (nSPS) is 11.5. The van der Waals surface area contributed by atoms with Crippen molar-refractivity contribution in [3.8, 4) is 5.69 Å². The predicted molar refractivity (Wildman–Crippen MR) is 89.3 cm³/mol. The highest BCUT2D eigenvalue weighted by Gasteiger charge is 2.35. The summed E-state index contributed by atoms with van der Waals surface area (Å²) in [5.41, 5.74) is 1.04. The van der Waals surface area contributed by atoms with Crippen molar-refractivity contribution in [2.45, 2.75) is 39.8 Å².